The third-order valence-corrected chi connectivity index (χ3v) is 6.08. The maximum absolute atomic E-state index is 12.9. The monoisotopic (exact) mass is 424 g/mol. The van der Waals surface area contributed by atoms with E-state index in [1.807, 2.05) is 0 Å². The molecule has 0 amide bonds. The van der Waals surface area contributed by atoms with Crippen molar-refractivity contribution in [1.82, 2.24) is 0 Å². The molecule has 0 saturated carbocycles. The summed E-state index contributed by atoms with van der Waals surface area (Å²) >= 11 is 0. The average molecular weight is 424 g/mol. The molecule has 2 aromatic rings. The summed E-state index contributed by atoms with van der Waals surface area (Å²) in [6.07, 6.45) is 4.63. The van der Waals surface area contributed by atoms with Crippen LogP contribution in [0.2, 0.25) is 0 Å². The minimum atomic E-state index is -0.711. The normalized spacial score (nSPS) is 22.0. The van der Waals surface area contributed by atoms with Crippen molar-refractivity contribution in [3.8, 4) is 28.7 Å². The van der Waals surface area contributed by atoms with E-state index >= 15 is 0 Å². The van der Waals surface area contributed by atoms with Crippen molar-refractivity contribution < 1.29 is 29.6 Å². The van der Waals surface area contributed by atoms with Crippen molar-refractivity contribution in [2.24, 2.45) is 0 Å². The van der Waals surface area contributed by atoms with Gasteiger partial charge < -0.3 is 24.8 Å². The van der Waals surface area contributed by atoms with Crippen LogP contribution in [0.4, 0.5) is 0 Å². The van der Waals surface area contributed by atoms with Crippen molar-refractivity contribution in [3.63, 3.8) is 0 Å². The predicted octanol–water partition coefficient (Wildman–Crippen LogP) is 5.34. The molecule has 164 valence electrons. The Kier molecular flexibility index (Phi) is 5.33. The Morgan fingerprint density at radius 3 is 2.68 bits per heavy atom. The number of benzene rings is 2. The van der Waals surface area contributed by atoms with Crippen LogP contribution >= 0.6 is 0 Å². The first-order valence-corrected chi connectivity index (χ1v) is 10.6. The minimum absolute atomic E-state index is 0.0149. The summed E-state index contributed by atoms with van der Waals surface area (Å²) in [5.41, 5.74) is 2.25. The molecule has 0 bridgehead atoms. The predicted molar refractivity (Wildman–Crippen MR) is 116 cm³/mol. The molecule has 0 radical (unpaired) electrons. The number of hydrogen-bond donors (Lipinski definition) is 3. The summed E-state index contributed by atoms with van der Waals surface area (Å²) in [6.45, 7) is 6.20. The SMILES string of the molecule is CC(C)=CCC[C@]1(C)CCc2c(cc(O)c3c2O[C@H](c2ccc(O)cc2O)CC3=O)O1. The van der Waals surface area contributed by atoms with E-state index in [9.17, 15) is 20.1 Å². The number of Topliss-reactive ketones (excluding diaryl/α,β-unsaturated/α-hetero) is 1. The molecule has 0 aromatic heterocycles. The number of aromatic hydroxyl groups is 3. The molecular formula is C25H28O6. The molecule has 4 rings (SSSR count). The van der Waals surface area contributed by atoms with Crippen LogP contribution in [-0.4, -0.2) is 26.7 Å². The summed E-state index contributed by atoms with van der Waals surface area (Å²) in [6, 6.07) is 5.72. The van der Waals surface area contributed by atoms with E-state index in [0.717, 1.165) is 24.8 Å². The van der Waals surface area contributed by atoms with Crippen molar-refractivity contribution in [3.05, 3.63) is 52.6 Å². The van der Waals surface area contributed by atoms with Crippen LogP contribution in [-0.2, 0) is 6.42 Å². The number of carbonyl (C=O) groups is 1. The van der Waals surface area contributed by atoms with Gasteiger partial charge in [0.1, 0.15) is 46.0 Å². The second-order valence-electron chi connectivity index (χ2n) is 8.93. The fourth-order valence-corrected chi connectivity index (χ4v) is 4.37. The van der Waals surface area contributed by atoms with Gasteiger partial charge in [0.2, 0.25) is 0 Å². The lowest BCUT2D eigenvalue weighted by molar-refractivity contribution is 0.0538. The zero-order chi connectivity index (χ0) is 22.3. The van der Waals surface area contributed by atoms with Gasteiger partial charge in [0.25, 0.3) is 0 Å². The molecule has 6 nitrogen and oxygen atoms in total. The molecule has 0 saturated heterocycles. The first kappa shape index (κ1) is 21.1. The number of phenolic OH excluding ortho intramolecular Hbond substituents is 3. The van der Waals surface area contributed by atoms with Crippen LogP contribution in [0.25, 0.3) is 0 Å². The van der Waals surface area contributed by atoms with Crippen LogP contribution in [0, 0.1) is 0 Å². The Morgan fingerprint density at radius 1 is 1.19 bits per heavy atom. The molecule has 0 aliphatic carbocycles. The third kappa shape index (κ3) is 4.07. The van der Waals surface area contributed by atoms with Gasteiger partial charge >= 0.3 is 0 Å². The van der Waals surface area contributed by atoms with E-state index < -0.39 is 6.10 Å². The van der Waals surface area contributed by atoms with Gasteiger partial charge in [-0.2, -0.15) is 0 Å². The minimum Gasteiger partial charge on any atom is -0.508 e. The maximum Gasteiger partial charge on any atom is 0.174 e. The highest BCUT2D eigenvalue weighted by Crippen LogP contribution is 2.50. The molecule has 2 atom stereocenters. The van der Waals surface area contributed by atoms with Crippen LogP contribution in [0.5, 0.6) is 28.7 Å². The first-order valence-electron chi connectivity index (χ1n) is 10.6. The molecule has 0 unspecified atom stereocenters. The number of rotatable bonds is 4. The highest BCUT2D eigenvalue weighted by molar-refractivity contribution is 6.03. The molecule has 0 spiro atoms. The fraction of sp³-hybridized carbons (Fsp3) is 0.400. The van der Waals surface area contributed by atoms with Crippen molar-refractivity contribution in [2.45, 2.75) is 64.6 Å². The topological polar surface area (TPSA) is 96.2 Å². The number of phenols is 3. The molecule has 2 heterocycles. The number of carbonyl (C=O) groups excluding carboxylic acids is 1. The fourth-order valence-electron chi connectivity index (χ4n) is 4.37. The molecular weight excluding hydrogens is 396 g/mol. The Labute approximate surface area is 181 Å². The Morgan fingerprint density at radius 2 is 1.97 bits per heavy atom. The zero-order valence-electron chi connectivity index (χ0n) is 18.1. The van der Waals surface area contributed by atoms with Crippen molar-refractivity contribution in [2.75, 3.05) is 0 Å². The van der Waals surface area contributed by atoms with Crippen LogP contribution in [0.1, 0.15) is 74.0 Å². The van der Waals surface area contributed by atoms with E-state index in [0.29, 0.717) is 23.5 Å². The van der Waals surface area contributed by atoms with E-state index in [1.54, 1.807) is 6.07 Å². The highest BCUT2D eigenvalue weighted by atomic mass is 16.5. The summed E-state index contributed by atoms with van der Waals surface area (Å²) < 4.78 is 12.5. The second kappa shape index (κ2) is 7.84. The first-order chi connectivity index (χ1) is 14.7. The number of ether oxygens (including phenoxy) is 2. The standard InChI is InChI=1S/C25H28O6/c1-14(2)5-4-9-25(3)10-8-17-22(31-25)13-20(29)23-19(28)12-21(30-24(17)23)16-7-6-15(26)11-18(16)27/h5-7,11,13,21,26-27,29H,4,8-10,12H2,1-3H3/t21-,25+/m0/s1. The van der Waals surface area contributed by atoms with Gasteiger partial charge in [0.05, 0.1) is 6.42 Å². The van der Waals surface area contributed by atoms with Gasteiger partial charge in [-0.05, 0) is 58.6 Å². The number of fused-ring (bicyclic) bond motifs is 3. The molecule has 3 N–H and O–H groups in total. The average Bonchev–Trinajstić information content (AvgIpc) is 2.66. The van der Waals surface area contributed by atoms with Gasteiger partial charge in [-0.1, -0.05) is 11.6 Å². The number of ketones is 1. The number of hydrogen-bond acceptors (Lipinski definition) is 6. The lowest BCUT2D eigenvalue weighted by Crippen LogP contribution is -2.36. The molecule has 2 aliphatic heterocycles. The summed E-state index contributed by atoms with van der Waals surface area (Å²) in [4.78, 5) is 12.9. The molecule has 2 aromatic carbocycles. The van der Waals surface area contributed by atoms with Crippen molar-refractivity contribution >= 4 is 5.78 Å². The maximum atomic E-state index is 12.9. The number of allylic oxidation sites excluding steroid dienone is 2. The Hall–Kier alpha value is -3.15. The highest BCUT2D eigenvalue weighted by Gasteiger charge is 2.39. The van der Waals surface area contributed by atoms with E-state index in [1.165, 1.54) is 23.8 Å². The smallest absolute Gasteiger partial charge is 0.174 e. The Bertz CT molecular complexity index is 1070. The lowest BCUT2D eigenvalue weighted by atomic mass is 9.85. The van der Waals surface area contributed by atoms with E-state index in [2.05, 4.69) is 26.8 Å². The second-order valence-corrected chi connectivity index (χ2v) is 8.93. The zero-order valence-corrected chi connectivity index (χ0v) is 18.1. The lowest BCUT2D eigenvalue weighted by Gasteiger charge is -2.38. The largest absolute Gasteiger partial charge is 0.508 e. The molecule has 31 heavy (non-hydrogen) atoms. The van der Waals surface area contributed by atoms with Crippen LogP contribution < -0.4 is 9.47 Å². The van der Waals surface area contributed by atoms with E-state index in [-0.39, 0.29) is 40.6 Å². The van der Waals surface area contributed by atoms with Gasteiger partial charge in [0.15, 0.2) is 5.78 Å². The van der Waals surface area contributed by atoms with Crippen LogP contribution in [0.15, 0.2) is 35.9 Å². The summed E-state index contributed by atoms with van der Waals surface area (Å²) in [7, 11) is 0. The summed E-state index contributed by atoms with van der Waals surface area (Å²) in [5.74, 6) is 0.246. The Balaban J connectivity index is 1.67. The quantitative estimate of drug-likeness (QED) is 0.573. The van der Waals surface area contributed by atoms with E-state index in [4.69, 9.17) is 9.47 Å². The van der Waals surface area contributed by atoms with Gasteiger partial charge in [-0.15, -0.1) is 0 Å². The van der Waals surface area contributed by atoms with Gasteiger partial charge in [-0.25, -0.2) is 0 Å². The third-order valence-electron chi connectivity index (χ3n) is 6.08. The van der Waals surface area contributed by atoms with Crippen LogP contribution in [0.3, 0.4) is 0 Å². The molecule has 2 aliphatic rings. The van der Waals surface area contributed by atoms with Gasteiger partial charge in [0, 0.05) is 23.3 Å². The summed E-state index contributed by atoms with van der Waals surface area (Å²) in [5, 5.41) is 30.4. The van der Waals surface area contributed by atoms with Crippen molar-refractivity contribution in [1.29, 1.82) is 0 Å². The van der Waals surface area contributed by atoms with Gasteiger partial charge in [-0.3, -0.25) is 4.79 Å². The molecule has 0 fully saturated rings. The molecule has 6 heteroatoms.